The summed E-state index contributed by atoms with van der Waals surface area (Å²) >= 11 is 0. The molecule has 0 bridgehead atoms. The lowest BCUT2D eigenvalue weighted by molar-refractivity contribution is 1.21. The molecule has 0 amide bonds. The number of hydrogen-bond donors (Lipinski definition) is 3. The smallest absolute Gasteiger partial charge is 0.236 e. The topological polar surface area (TPSA) is 103 Å². The summed E-state index contributed by atoms with van der Waals surface area (Å²) in [7, 11) is 0. The number of nitrogens with zero attached hydrogens (tertiary/aromatic N) is 2. The van der Waals surface area contributed by atoms with Crippen LogP contribution in [0.1, 0.15) is 5.56 Å². The summed E-state index contributed by atoms with van der Waals surface area (Å²) in [6, 6.07) is 7.24. The maximum Gasteiger partial charge on any atom is 0.236 e. The summed E-state index contributed by atoms with van der Waals surface area (Å²) in [4.78, 5) is 3.78. The van der Waals surface area contributed by atoms with Crippen molar-refractivity contribution >= 4 is 17.9 Å². The number of anilines is 1. The molecule has 0 aromatic heterocycles. The summed E-state index contributed by atoms with van der Waals surface area (Å²) in [5, 5.41) is 3.19. The standard InChI is InChI=1S/C8H11N5/c9-7-3-1-2-6(4-7)5-12-8(10)13-11/h1-5H,9,11H2,(H2,10,13). The quantitative estimate of drug-likeness (QED) is 0.183. The van der Waals surface area contributed by atoms with Crippen molar-refractivity contribution in [1.82, 2.24) is 0 Å². The normalized spacial score (nSPS) is 12.2. The van der Waals surface area contributed by atoms with Crippen LogP contribution in [0.4, 0.5) is 5.69 Å². The molecule has 0 aliphatic carbocycles. The van der Waals surface area contributed by atoms with Crippen LogP contribution >= 0.6 is 0 Å². The molecule has 0 spiro atoms. The van der Waals surface area contributed by atoms with Gasteiger partial charge in [0, 0.05) is 11.9 Å². The van der Waals surface area contributed by atoms with Gasteiger partial charge in [0.2, 0.25) is 5.96 Å². The SMILES string of the molecule is NN=C(N)N=Cc1cccc(N)c1. The van der Waals surface area contributed by atoms with Gasteiger partial charge < -0.3 is 17.3 Å². The van der Waals surface area contributed by atoms with Crippen molar-refractivity contribution in [2.75, 3.05) is 5.73 Å². The molecule has 1 rings (SSSR count). The molecule has 0 fully saturated rings. The Hall–Kier alpha value is -2.04. The van der Waals surface area contributed by atoms with Crippen LogP contribution in [0.25, 0.3) is 0 Å². The highest BCUT2D eigenvalue weighted by Gasteiger charge is 1.88. The van der Waals surface area contributed by atoms with Crippen molar-refractivity contribution in [2.45, 2.75) is 0 Å². The molecule has 0 aliphatic heterocycles. The molecular weight excluding hydrogens is 166 g/mol. The van der Waals surface area contributed by atoms with Gasteiger partial charge >= 0.3 is 0 Å². The molecule has 0 saturated carbocycles. The minimum Gasteiger partial charge on any atom is -0.399 e. The fourth-order valence-corrected chi connectivity index (χ4v) is 0.813. The fraction of sp³-hybridized carbons (Fsp3) is 0. The Kier molecular flexibility index (Phi) is 2.86. The number of hydrazone groups is 1. The lowest BCUT2D eigenvalue weighted by atomic mass is 10.2. The number of nitrogens with two attached hydrogens (primary N) is 3. The van der Waals surface area contributed by atoms with E-state index in [2.05, 4.69) is 10.1 Å². The van der Waals surface area contributed by atoms with Gasteiger partial charge in [-0.3, -0.25) is 0 Å². The van der Waals surface area contributed by atoms with E-state index in [1.807, 2.05) is 12.1 Å². The van der Waals surface area contributed by atoms with Gasteiger partial charge in [-0.1, -0.05) is 12.1 Å². The van der Waals surface area contributed by atoms with E-state index in [9.17, 15) is 0 Å². The zero-order valence-electron chi connectivity index (χ0n) is 7.01. The average molecular weight is 177 g/mol. The summed E-state index contributed by atoms with van der Waals surface area (Å²) in [5.74, 6) is 4.92. The lowest BCUT2D eigenvalue weighted by Gasteiger charge is -1.94. The van der Waals surface area contributed by atoms with E-state index in [1.165, 1.54) is 0 Å². The molecule has 0 atom stereocenters. The molecule has 0 heterocycles. The number of hydrogen-bond acceptors (Lipinski definition) is 3. The van der Waals surface area contributed by atoms with Crippen molar-refractivity contribution in [3.05, 3.63) is 29.8 Å². The highest BCUT2D eigenvalue weighted by atomic mass is 15.2. The molecule has 5 heteroatoms. The van der Waals surface area contributed by atoms with E-state index >= 15 is 0 Å². The van der Waals surface area contributed by atoms with Crippen molar-refractivity contribution < 1.29 is 0 Å². The zero-order valence-corrected chi connectivity index (χ0v) is 7.01. The van der Waals surface area contributed by atoms with Crippen LogP contribution in [-0.2, 0) is 0 Å². The Labute approximate surface area is 75.9 Å². The van der Waals surface area contributed by atoms with Crippen LogP contribution in [0, 0.1) is 0 Å². The maximum absolute atomic E-state index is 5.55. The number of nitrogen functional groups attached to an aromatic ring is 1. The van der Waals surface area contributed by atoms with Crippen molar-refractivity contribution in [1.29, 1.82) is 0 Å². The zero-order chi connectivity index (χ0) is 9.68. The van der Waals surface area contributed by atoms with Crippen LogP contribution in [0.15, 0.2) is 34.4 Å². The molecule has 1 aromatic rings. The van der Waals surface area contributed by atoms with Crippen LogP contribution in [0.3, 0.4) is 0 Å². The average Bonchev–Trinajstić information content (AvgIpc) is 2.14. The highest BCUT2D eigenvalue weighted by Crippen LogP contribution is 2.03. The van der Waals surface area contributed by atoms with E-state index in [0.717, 1.165) is 5.56 Å². The minimum absolute atomic E-state index is 0.0300. The molecule has 5 nitrogen and oxygen atoms in total. The fourth-order valence-electron chi connectivity index (χ4n) is 0.813. The molecule has 0 radical (unpaired) electrons. The summed E-state index contributed by atoms with van der Waals surface area (Å²) in [6.45, 7) is 0. The first-order valence-corrected chi connectivity index (χ1v) is 3.65. The Morgan fingerprint density at radius 3 is 2.77 bits per heavy atom. The molecular formula is C8H11N5. The van der Waals surface area contributed by atoms with Crippen molar-refractivity contribution in [3.63, 3.8) is 0 Å². The van der Waals surface area contributed by atoms with E-state index in [-0.39, 0.29) is 5.96 Å². The summed E-state index contributed by atoms with van der Waals surface area (Å²) < 4.78 is 0. The molecule has 68 valence electrons. The second-order valence-corrected chi connectivity index (χ2v) is 2.42. The minimum atomic E-state index is 0.0300. The Balaban J connectivity index is 2.80. The van der Waals surface area contributed by atoms with Crippen LogP contribution in [0.5, 0.6) is 0 Å². The molecule has 1 aromatic carbocycles. The molecule has 0 aliphatic rings. The lowest BCUT2D eigenvalue weighted by Crippen LogP contribution is -2.10. The van der Waals surface area contributed by atoms with Gasteiger partial charge in [-0.05, 0) is 17.7 Å². The first kappa shape index (κ1) is 9.05. The van der Waals surface area contributed by atoms with Gasteiger partial charge in [0.1, 0.15) is 0 Å². The third kappa shape index (κ3) is 2.82. The second-order valence-electron chi connectivity index (χ2n) is 2.42. The number of rotatable bonds is 1. The molecule has 13 heavy (non-hydrogen) atoms. The summed E-state index contributed by atoms with van der Waals surface area (Å²) in [6.07, 6.45) is 1.54. The van der Waals surface area contributed by atoms with Gasteiger partial charge in [-0.15, -0.1) is 5.10 Å². The molecule has 0 unspecified atom stereocenters. The van der Waals surface area contributed by atoms with Crippen LogP contribution in [-0.4, -0.2) is 12.2 Å². The Bertz CT molecular complexity index is 342. The molecule has 0 saturated heterocycles. The van der Waals surface area contributed by atoms with Crippen LogP contribution in [0.2, 0.25) is 0 Å². The Morgan fingerprint density at radius 2 is 2.15 bits per heavy atom. The third-order valence-corrected chi connectivity index (χ3v) is 1.39. The van der Waals surface area contributed by atoms with Crippen molar-refractivity contribution in [3.8, 4) is 0 Å². The number of aliphatic imine (C=N–C) groups is 1. The maximum atomic E-state index is 5.55. The number of benzene rings is 1. The van der Waals surface area contributed by atoms with E-state index < -0.39 is 0 Å². The van der Waals surface area contributed by atoms with Gasteiger partial charge in [0.15, 0.2) is 0 Å². The van der Waals surface area contributed by atoms with Crippen molar-refractivity contribution in [2.24, 2.45) is 21.7 Å². The van der Waals surface area contributed by atoms with Gasteiger partial charge in [-0.25, -0.2) is 4.99 Å². The molecule has 6 N–H and O–H groups in total. The van der Waals surface area contributed by atoms with Gasteiger partial charge in [-0.2, -0.15) is 0 Å². The predicted octanol–water partition coefficient (Wildman–Crippen LogP) is -0.124. The highest BCUT2D eigenvalue weighted by molar-refractivity contribution is 5.92. The first-order valence-electron chi connectivity index (χ1n) is 3.65. The second kappa shape index (κ2) is 4.10. The monoisotopic (exact) mass is 177 g/mol. The van der Waals surface area contributed by atoms with E-state index in [1.54, 1.807) is 18.3 Å². The number of guanidine groups is 1. The van der Waals surface area contributed by atoms with Gasteiger partial charge in [0.05, 0.1) is 0 Å². The Morgan fingerprint density at radius 1 is 1.38 bits per heavy atom. The van der Waals surface area contributed by atoms with E-state index in [4.69, 9.17) is 17.3 Å². The first-order chi connectivity index (χ1) is 6.22. The van der Waals surface area contributed by atoms with Gasteiger partial charge in [0.25, 0.3) is 0 Å². The largest absolute Gasteiger partial charge is 0.399 e. The predicted molar refractivity (Wildman–Crippen MR) is 54.3 cm³/mol. The van der Waals surface area contributed by atoms with Crippen LogP contribution < -0.4 is 17.3 Å². The summed E-state index contributed by atoms with van der Waals surface area (Å²) in [5.41, 5.74) is 12.3. The third-order valence-electron chi connectivity index (χ3n) is 1.39. The van der Waals surface area contributed by atoms with E-state index in [0.29, 0.717) is 5.69 Å².